The Hall–Kier alpha value is -3.72. The molecule has 9 heteroatoms. The number of rotatable bonds is 6. The van der Waals surface area contributed by atoms with Gasteiger partial charge in [0.1, 0.15) is 11.6 Å². The predicted molar refractivity (Wildman–Crippen MR) is 138 cm³/mol. The van der Waals surface area contributed by atoms with Crippen molar-refractivity contribution in [3.8, 4) is 22.8 Å². The van der Waals surface area contributed by atoms with Crippen molar-refractivity contribution in [2.75, 3.05) is 11.9 Å². The van der Waals surface area contributed by atoms with Gasteiger partial charge < -0.3 is 15.2 Å². The van der Waals surface area contributed by atoms with Crippen LogP contribution in [-0.4, -0.2) is 26.1 Å². The summed E-state index contributed by atoms with van der Waals surface area (Å²) in [6, 6.07) is 15.6. The van der Waals surface area contributed by atoms with Crippen molar-refractivity contribution < 1.29 is 13.2 Å². The van der Waals surface area contributed by atoms with Gasteiger partial charge in [-0.15, -0.1) is 0 Å². The van der Waals surface area contributed by atoms with E-state index in [0.717, 1.165) is 53.2 Å². The predicted octanol–water partition coefficient (Wildman–Crippen LogP) is 5.94. The molecule has 1 aliphatic heterocycles. The molecule has 0 radical (unpaired) electrons. The summed E-state index contributed by atoms with van der Waals surface area (Å²) in [5.41, 5.74) is 5.08. The molecule has 3 heterocycles. The van der Waals surface area contributed by atoms with E-state index in [2.05, 4.69) is 41.6 Å². The average molecular weight is 507 g/mol. The molecule has 0 unspecified atom stereocenters. The summed E-state index contributed by atoms with van der Waals surface area (Å²) >= 11 is 0. The zero-order valence-electron chi connectivity index (χ0n) is 21.0. The number of imidazole rings is 1. The summed E-state index contributed by atoms with van der Waals surface area (Å²) in [6.45, 7) is 6.42. The van der Waals surface area contributed by atoms with E-state index in [1.165, 1.54) is 10.1 Å². The molecule has 5 rings (SSSR count). The van der Waals surface area contributed by atoms with Crippen molar-refractivity contribution in [3.05, 3.63) is 82.8 Å². The Bertz CT molecular complexity index is 1410. The minimum Gasteiger partial charge on any atom is -0.366 e. The number of nitrogens with zero attached hydrogens (tertiary/aromatic N) is 4. The van der Waals surface area contributed by atoms with E-state index >= 15 is 0 Å². The first-order valence-electron chi connectivity index (χ1n) is 12.3. The average Bonchev–Trinajstić information content (AvgIpc) is 3.29. The third-order valence-electron chi connectivity index (χ3n) is 6.60. The standard InChI is InChI=1S/C28H29F3N6/c1-17(2)20-6-4-5-7-21(20)26-34-23-12-13-32-15-22(23)25(36-26)33-14-18-8-10-19(11-9-18)27-35-24(16-37(27)3)28(29,30)31/h4-11,16-17,32H,12-15H2,1-3H3,(H,33,34,36). The van der Waals surface area contributed by atoms with E-state index in [-0.39, 0.29) is 5.82 Å². The minimum atomic E-state index is -4.47. The smallest absolute Gasteiger partial charge is 0.366 e. The van der Waals surface area contributed by atoms with Gasteiger partial charge in [-0.2, -0.15) is 13.2 Å². The highest BCUT2D eigenvalue weighted by Gasteiger charge is 2.34. The lowest BCUT2D eigenvalue weighted by Gasteiger charge is -2.22. The zero-order chi connectivity index (χ0) is 26.2. The summed E-state index contributed by atoms with van der Waals surface area (Å²) in [7, 11) is 1.56. The second kappa shape index (κ2) is 9.97. The van der Waals surface area contributed by atoms with Crippen molar-refractivity contribution >= 4 is 5.82 Å². The zero-order valence-corrected chi connectivity index (χ0v) is 21.0. The van der Waals surface area contributed by atoms with Crippen molar-refractivity contribution in [1.29, 1.82) is 0 Å². The Balaban J connectivity index is 1.40. The van der Waals surface area contributed by atoms with Crippen LogP contribution >= 0.6 is 0 Å². The highest BCUT2D eigenvalue weighted by Crippen LogP contribution is 2.32. The van der Waals surface area contributed by atoms with Gasteiger partial charge in [0.15, 0.2) is 11.5 Å². The maximum atomic E-state index is 13.0. The number of aromatic nitrogens is 4. The molecule has 0 saturated carbocycles. The van der Waals surface area contributed by atoms with Crippen LogP contribution in [0.3, 0.4) is 0 Å². The number of alkyl halides is 3. The number of aryl methyl sites for hydroxylation is 1. The molecule has 0 amide bonds. The second-order valence-electron chi connectivity index (χ2n) is 9.60. The van der Waals surface area contributed by atoms with Gasteiger partial charge in [-0.3, -0.25) is 0 Å². The minimum absolute atomic E-state index is 0.274. The van der Waals surface area contributed by atoms with Crippen LogP contribution in [0.5, 0.6) is 0 Å². The molecule has 0 fully saturated rings. The Morgan fingerprint density at radius 3 is 2.49 bits per heavy atom. The lowest BCUT2D eigenvalue weighted by molar-refractivity contribution is -0.140. The molecule has 1 aliphatic rings. The number of hydrogen-bond donors (Lipinski definition) is 2. The topological polar surface area (TPSA) is 67.7 Å². The van der Waals surface area contributed by atoms with Gasteiger partial charge in [-0.05, 0) is 17.0 Å². The van der Waals surface area contributed by atoms with E-state index in [1.54, 1.807) is 19.2 Å². The molecule has 0 atom stereocenters. The fourth-order valence-electron chi connectivity index (χ4n) is 4.64. The van der Waals surface area contributed by atoms with E-state index in [9.17, 15) is 13.2 Å². The number of halogens is 3. The molecule has 6 nitrogen and oxygen atoms in total. The van der Waals surface area contributed by atoms with Gasteiger partial charge in [0, 0.05) is 56.0 Å². The first-order chi connectivity index (χ1) is 17.7. The van der Waals surface area contributed by atoms with Gasteiger partial charge in [0.2, 0.25) is 0 Å². The summed E-state index contributed by atoms with van der Waals surface area (Å²) in [5.74, 6) is 2.14. The molecule has 2 N–H and O–H groups in total. The van der Waals surface area contributed by atoms with Crippen molar-refractivity contribution in [2.45, 2.75) is 45.5 Å². The number of hydrogen-bond acceptors (Lipinski definition) is 5. The fraction of sp³-hybridized carbons (Fsp3) is 0.321. The van der Waals surface area contributed by atoms with E-state index in [0.29, 0.717) is 24.6 Å². The third kappa shape index (κ3) is 5.22. The summed E-state index contributed by atoms with van der Waals surface area (Å²) < 4.78 is 40.5. The first-order valence-corrected chi connectivity index (χ1v) is 12.3. The van der Waals surface area contributed by atoms with Gasteiger partial charge >= 0.3 is 6.18 Å². The largest absolute Gasteiger partial charge is 0.434 e. The van der Waals surface area contributed by atoms with E-state index < -0.39 is 11.9 Å². The van der Waals surface area contributed by atoms with Crippen LogP contribution in [0.2, 0.25) is 0 Å². The van der Waals surface area contributed by atoms with Crippen LogP contribution in [0.4, 0.5) is 19.0 Å². The monoisotopic (exact) mass is 506 g/mol. The number of nitrogens with one attached hydrogen (secondary N) is 2. The second-order valence-corrected chi connectivity index (χ2v) is 9.60. The molecule has 37 heavy (non-hydrogen) atoms. The highest BCUT2D eigenvalue weighted by molar-refractivity contribution is 5.65. The van der Waals surface area contributed by atoms with Crippen molar-refractivity contribution in [3.63, 3.8) is 0 Å². The normalized spacial score (nSPS) is 13.6. The van der Waals surface area contributed by atoms with Crippen LogP contribution in [0.15, 0.2) is 54.7 Å². The molecular weight excluding hydrogens is 477 g/mol. The Kier molecular flexibility index (Phi) is 6.72. The first kappa shape index (κ1) is 25.0. The molecular formula is C28H29F3N6. The number of anilines is 1. The SMILES string of the molecule is CC(C)c1ccccc1-c1nc2c(c(NCc3ccc(-c4nc(C(F)(F)F)cn4C)cc3)n1)CNCC2. The van der Waals surface area contributed by atoms with Crippen LogP contribution < -0.4 is 10.6 Å². The Labute approximate surface area is 214 Å². The quantitative estimate of drug-likeness (QED) is 0.339. The van der Waals surface area contributed by atoms with Gasteiger partial charge in [0.05, 0.1) is 5.69 Å². The Morgan fingerprint density at radius 1 is 1.03 bits per heavy atom. The van der Waals surface area contributed by atoms with Gasteiger partial charge in [0.25, 0.3) is 0 Å². The van der Waals surface area contributed by atoms with Crippen LogP contribution in [-0.2, 0) is 32.7 Å². The van der Waals surface area contributed by atoms with Crippen molar-refractivity contribution in [2.24, 2.45) is 7.05 Å². The fourth-order valence-corrected chi connectivity index (χ4v) is 4.64. The van der Waals surface area contributed by atoms with Gasteiger partial charge in [-0.1, -0.05) is 62.4 Å². The van der Waals surface area contributed by atoms with Crippen molar-refractivity contribution in [1.82, 2.24) is 24.8 Å². The molecule has 192 valence electrons. The molecule has 0 bridgehead atoms. The van der Waals surface area contributed by atoms with E-state index in [4.69, 9.17) is 9.97 Å². The summed E-state index contributed by atoms with van der Waals surface area (Å²) in [4.78, 5) is 13.6. The summed E-state index contributed by atoms with van der Waals surface area (Å²) in [5, 5.41) is 6.88. The molecule has 0 spiro atoms. The maximum absolute atomic E-state index is 13.0. The lowest BCUT2D eigenvalue weighted by Crippen LogP contribution is -2.26. The molecule has 0 aliphatic carbocycles. The lowest BCUT2D eigenvalue weighted by atomic mass is 9.96. The maximum Gasteiger partial charge on any atom is 0.434 e. The van der Waals surface area contributed by atoms with Gasteiger partial charge in [-0.25, -0.2) is 15.0 Å². The molecule has 4 aromatic rings. The Morgan fingerprint density at radius 2 is 1.78 bits per heavy atom. The molecule has 0 saturated heterocycles. The third-order valence-corrected chi connectivity index (χ3v) is 6.60. The molecule has 2 aromatic heterocycles. The highest BCUT2D eigenvalue weighted by atomic mass is 19.4. The molecule has 2 aromatic carbocycles. The summed E-state index contributed by atoms with van der Waals surface area (Å²) in [6.07, 6.45) is -2.63. The van der Waals surface area contributed by atoms with Crippen LogP contribution in [0.25, 0.3) is 22.8 Å². The number of fused-ring (bicyclic) bond motifs is 1. The van der Waals surface area contributed by atoms with Crippen LogP contribution in [0.1, 0.15) is 47.8 Å². The number of benzene rings is 2. The van der Waals surface area contributed by atoms with E-state index in [1.807, 2.05) is 24.3 Å². The van der Waals surface area contributed by atoms with Crippen LogP contribution in [0, 0.1) is 0 Å².